The number of nitrogens with one attached hydrogen (secondary N) is 1. The molecule has 0 aromatic heterocycles. The molecule has 0 aliphatic carbocycles. The van der Waals surface area contributed by atoms with E-state index in [4.69, 9.17) is 0 Å². The van der Waals surface area contributed by atoms with Crippen LogP contribution in [-0.4, -0.2) is 51.6 Å². The van der Waals surface area contributed by atoms with E-state index < -0.39 is 0 Å². The maximum Gasteiger partial charge on any atom is 0.243 e. The first kappa shape index (κ1) is 17.2. The van der Waals surface area contributed by atoms with E-state index in [1.165, 1.54) is 11.3 Å². The normalized spacial score (nSPS) is 12.7. The van der Waals surface area contributed by atoms with Crippen molar-refractivity contribution >= 4 is 11.6 Å². The molecule has 0 aliphatic heterocycles. The van der Waals surface area contributed by atoms with E-state index in [9.17, 15) is 4.79 Å². The van der Waals surface area contributed by atoms with E-state index in [0.29, 0.717) is 0 Å². The average Bonchev–Trinajstić information content (AvgIpc) is 2.38. The van der Waals surface area contributed by atoms with Gasteiger partial charge in [0.1, 0.15) is 0 Å². The Labute approximate surface area is 128 Å². The second-order valence-corrected chi connectivity index (χ2v) is 5.84. The third-order valence-corrected chi connectivity index (χ3v) is 3.12. The molecular formula is C17H27N3O. The Morgan fingerprint density at radius 3 is 2.33 bits per heavy atom. The summed E-state index contributed by atoms with van der Waals surface area (Å²) in [5.74, 6) is -0.0331. The van der Waals surface area contributed by atoms with Gasteiger partial charge in [-0.15, -0.1) is 0 Å². The van der Waals surface area contributed by atoms with Gasteiger partial charge in [-0.25, -0.2) is 0 Å². The molecule has 0 fully saturated rings. The van der Waals surface area contributed by atoms with Gasteiger partial charge in [-0.3, -0.25) is 4.79 Å². The molecule has 0 bridgehead atoms. The summed E-state index contributed by atoms with van der Waals surface area (Å²) in [7, 11) is 8.00. The van der Waals surface area contributed by atoms with Gasteiger partial charge in [-0.1, -0.05) is 18.2 Å². The highest BCUT2D eigenvalue weighted by atomic mass is 16.1. The molecule has 0 heterocycles. The number of likely N-dealkylation sites (N-methyl/N-ethyl adjacent to an activating group) is 1. The lowest BCUT2D eigenvalue weighted by molar-refractivity contribution is -0.117. The molecule has 1 aromatic carbocycles. The minimum atomic E-state index is -0.0331. The van der Waals surface area contributed by atoms with Crippen LogP contribution in [0.25, 0.3) is 0 Å². The van der Waals surface area contributed by atoms with Gasteiger partial charge in [0.15, 0.2) is 0 Å². The fourth-order valence-corrected chi connectivity index (χ4v) is 2.00. The molecule has 1 amide bonds. The van der Waals surface area contributed by atoms with Crippen molar-refractivity contribution in [3.8, 4) is 0 Å². The van der Waals surface area contributed by atoms with Gasteiger partial charge in [0.25, 0.3) is 0 Å². The Bertz CT molecular complexity index is 463. The van der Waals surface area contributed by atoms with Crippen LogP contribution in [0.1, 0.15) is 12.5 Å². The second kappa shape index (κ2) is 8.47. The van der Waals surface area contributed by atoms with Crippen LogP contribution in [0.4, 0.5) is 5.69 Å². The van der Waals surface area contributed by atoms with Gasteiger partial charge in [-0.05, 0) is 45.1 Å². The van der Waals surface area contributed by atoms with E-state index in [1.807, 2.05) is 46.1 Å². The number of hydrogen-bond donors (Lipinski definition) is 1. The van der Waals surface area contributed by atoms with Gasteiger partial charge >= 0.3 is 0 Å². The summed E-state index contributed by atoms with van der Waals surface area (Å²) in [6.45, 7) is 2.80. The molecule has 4 nitrogen and oxygen atoms in total. The molecule has 1 unspecified atom stereocenters. The first-order chi connectivity index (χ1) is 9.88. The summed E-state index contributed by atoms with van der Waals surface area (Å²) in [6.07, 6.45) is 4.31. The quantitative estimate of drug-likeness (QED) is 0.779. The fraction of sp³-hybridized carbons (Fsp3) is 0.471. The monoisotopic (exact) mass is 289 g/mol. The van der Waals surface area contributed by atoms with Crippen molar-refractivity contribution in [2.45, 2.75) is 19.4 Å². The molecule has 4 heteroatoms. The summed E-state index contributed by atoms with van der Waals surface area (Å²) < 4.78 is 0. The molecule has 0 saturated carbocycles. The Kier molecular flexibility index (Phi) is 6.96. The predicted molar refractivity (Wildman–Crippen MR) is 89.8 cm³/mol. The Morgan fingerprint density at radius 2 is 1.81 bits per heavy atom. The van der Waals surface area contributed by atoms with Crippen LogP contribution in [0, 0.1) is 0 Å². The molecule has 0 saturated heterocycles. The number of carbonyl (C=O) groups excluding carboxylic acids is 1. The SMILES string of the molecule is CC(Cc1ccc(N(C)C)cc1)NC(=O)/C=C/CN(C)C. The Balaban J connectivity index is 2.44. The van der Waals surface area contributed by atoms with Crippen molar-refractivity contribution in [2.24, 2.45) is 0 Å². The lowest BCUT2D eigenvalue weighted by Gasteiger charge is -2.15. The summed E-state index contributed by atoms with van der Waals surface area (Å²) in [5.41, 5.74) is 2.41. The molecule has 1 aromatic rings. The second-order valence-electron chi connectivity index (χ2n) is 5.84. The van der Waals surface area contributed by atoms with Crippen molar-refractivity contribution in [2.75, 3.05) is 39.6 Å². The average molecular weight is 289 g/mol. The number of hydrogen-bond acceptors (Lipinski definition) is 3. The molecule has 21 heavy (non-hydrogen) atoms. The number of nitrogens with zero attached hydrogens (tertiary/aromatic N) is 2. The molecule has 1 rings (SSSR count). The summed E-state index contributed by atoms with van der Waals surface area (Å²) in [5, 5.41) is 2.98. The molecule has 0 radical (unpaired) electrons. The largest absolute Gasteiger partial charge is 0.378 e. The number of anilines is 1. The van der Waals surface area contributed by atoms with Gasteiger partial charge < -0.3 is 15.1 Å². The Hall–Kier alpha value is -1.81. The number of rotatable bonds is 7. The van der Waals surface area contributed by atoms with Gasteiger partial charge in [0.05, 0.1) is 0 Å². The molecular weight excluding hydrogens is 262 g/mol. The van der Waals surface area contributed by atoms with Crippen LogP contribution in [0.3, 0.4) is 0 Å². The summed E-state index contributed by atoms with van der Waals surface area (Å²) in [6, 6.07) is 8.54. The van der Waals surface area contributed by atoms with Crippen molar-refractivity contribution in [3.63, 3.8) is 0 Å². The number of benzene rings is 1. The highest BCUT2D eigenvalue weighted by Crippen LogP contribution is 2.13. The minimum Gasteiger partial charge on any atom is -0.378 e. The van der Waals surface area contributed by atoms with E-state index in [1.54, 1.807) is 6.08 Å². The Morgan fingerprint density at radius 1 is 1.19 bits per heavy atom. The molecule has 1 atom stereocenters. The highest BCUT2D eigenvalue weighted by Gasteiger charge is 2.06. The van der Waals surface area contributed by atoms with E-state index in [2.05, 4.69) is 34.5 Å². The molecule has 116 valence electrons. The van der Waals surface area contributed by atoms with Crippen LogP contribution < -0.4 is 10.2 Å². The minimum absolute atomic E-state index is 0.0331. The zero-order valence-corrected chi connectivity index (χ0v) is 13.8. The molecule has 0 aliphatic rings. The summed E-state index contributed by atoms with van der Waals surface area (Å²) in [4.78, 5) is 15.8. The predicted octanol–water partition coefficient (Wildman–Crippen LogP) is 1.92. The van der Waals surface area contributed by atoms with Crippen molar-refractivity contribution < 1.29 is 4.79 Å². The topological polar surface area (TPSA) is 35.6 Å². The van der Waals surface area contributed by atoms with Crippen LogP contribution in [0.15, 0.2) is 36.4 Å². The fourth-order valence-electron chi connectivity index (χ4n) is 2.00. The van der Waals surface area contributed by atoms with Crippen LogP contribution in [0.2, 0.25) is 0 Å². The van der Waals surface area contributed by atoms with Crippen molar-refractivity contribution in [1.82, 2.24) is 10.2 Å². The van der Waals surface area contributed by atoms with Gasteiger partial charge in [-0.2, -0.15) is 0 Å². The van der Waals surface area contributed by atoms with Gasteiger partial charge in [0, 0.05) is 38.4 Å². The number of carbonyl (C=O) groups is 1. The van der Waals surface area contributed by atoms with E-state index in [-0.39, 0.29) is 11.9 Å². The lowest BCUT2D eigenvalue weighted by atomic mass is 10.1. The molecule has 1 N–H and O–H groups in total. The van der Waals surface area contributed by atoms with Crippen LogP contribution in [-0.2, 0) is 11.2 Å². The van der Waals surface area contributed by atoms with E-state index >= 15 is 0 Å². The van der Waals surface area contributed by atoms with Crippen molar-refractivity contribution in [1.29, 1.82) is 0 Å². The first-order valence-corrected chi connectivity index (χ1v) is 7.26. The zero-order valence-electron chi connectivity index (χ0n) is 13.8. The maximum absolute atomic E-state index is 11.7. The van der Waals surface area contributed by atoms with Crippen molar-refractivity contribution in [3.05, 3.63) is 42.0 Å². The third kappa shape index (κ3) is 6.95. The van der Waals surface area contributed by atoms with Gasteiger partial charge in [0.2, 0.25) is 5.91 Å². The van der Waals surface area contributed by atoms with Crippen LogP contribution >= 0.6 is 0 Å². The van der Waals surface area contributed by atoms with E-state index in [0.717, 1.165) is 13.0 Å². The molecule has 0 spiro atoms. The van der Waals surface area contributed by atoms with Crippen LogP contribution in [0.5, 0.6) is 0 Å². The smallest absolute Gasteiger partial charge is 0.243 e. The first-order valence-electron chi connectivity index (χ1n) is 7.26. The highest BCUT2D eigenvalue weighted by molar-refractivity contribution is 5.87. The number of amides is 1. The maximum atomic E-state index is 11.7. The lowest BCUT2D eigenvalue weighted by Crippen LogP contribution is -2.32. The summed E-state index contributed by atoms with van der Waals surface area (Å²) >= 11 is 0. The zero-order chi connectivity index (χ0) is 15.8. The third-order valence-electron chi connectivity index (χ3n) is 3.12. The standard InChI is InChI=1S/C17H27N3O/c1-14(18-17(21)7-6-12-19(2)3)13-15-8-10-16(11-9-15)20(4)5/h6-11,14H,12-13H2,1-5H3,(H,18,21)/b7-6+.